The monoisotopic (exact) mass is 183 g/mol. The van der Waals surface area contributed by atoms with Crippen molar-refractivity contribution < 1.29 is 4.39 Å². The minimum Gasteiger partial charge on any atom is -0.265 e. The fourth-order valence-electron chi connectivity index (χ4n) is 0.500. The largest absolute Gasteiger partial charge is 0.265 e. The average molecular weight is 184 g/mol. The molecule has 0 fully saturated rings. The van der Waals surface area contributed by atoms with Crippen LogP contribution in [-0.4, -0.2) is 23.2 Å². The van der Waals surface area contributed by atoms with E-state index in [-0.39, 0.29) is 0 Å². The van der Waals surface area contributed by atoms with Crippen molar-refractivity contribution in [1.29, 1.82) is 0 Å². The maximum atomic E-state index is 12.2. The zero-order valence-electron chi connectivity index (χ0n) is 5.19. The summed E-state index contributed by atoms with van der Waals surface area (Å²) in [5, 5.41) is -0.975. The lowest BCUT2D eigenvalue weighted by Crippen LogP contribution is -2.26. The quantitative estimate of drug-likeness (QED) is 0.478. The van der Waals surface area contributed by atoms with Gasteiger partial charge in [0.05, 0.1) is 0 Å². The second kappa shape index (κ2) is 4.27. The summed E-state index contributed by atoms with van der Waals surface area (Å²) < 4.78 is 12.2. The molecule has 0 radical (unpaired) electrons. The fourth-order valence-corrected chi connectivity index (χ4v) is 1.08. The van der Waals surface area contributed by atoms with E-state index in [4.69, 9.17) is 0 Å². The molecule has 0 aromatic carbocycles. The van der Waals surface area contributed by atoms with Gasteiger partial charge in [0.1, 0.15) is 0 Å². The summed E-state index contributed by atoms with van der Waals surface area (Å²) >= 11 is 2.82. The van der Waals surface area contributed by atoms with Gasteiger partial charge in [0.15, 0.2) is 0 Å². The number of rotatable bonds is 3. The number of hydrogen-bond donors (Lipinski definition) is 0. The average Bonchev–Trinajstić information content (AvgIpc) is 1.69. The number of nitrogens with zero attached hydrogens (tertiary/aromatic N) is 1. The molecule has 0 amide bonds. The minimum absolute atomic E-state index is 0.753. The van der Waals surface area contributed by atoms with Crippen molar-refractivity contribution in [3.63, 3.8) is 0 Å². The van der Waals surface area contributed by atoms with Crippen LogP contribution in [0.15, 0.2) is 0 Å². The van der Waals surface area contributed by atoms with Gasteiger partial charge in [-0.05, 0) is 29.0 Å². The van der Waals surface area contributed by atoms with Crippen LogP contribution in [0.5, 0.6) is 0 Å². The van der Waals surface area contributed by atoms with Gasteiger partial charge in [-0.1, -0.05) is 13.8 Å². The van der Waals surface area contributed by atoms with Crippen molar-refractivity contribution in [3.05, 3.63) is 0 Å². The van der Waals surface area contributed by atoms with Crippen LogP contribution in [0.25, 0.3) is 0 Å². The zero-order chi connectivity index (χ0) is 6.57. The number of hydrogen-bond acceptors (Lipinski definition) is 1. The molecule has 0 aliphatic rings. The summed E-state index contributed by atoms with van der Waals surface area (Å²) in [6.07, 6.45) is 0. The molecule has 8 heavy (non-hydrogen) atoms. The standard InChI is InChI=1S/C5H11BrFN/c1-3-8(4-2)5(6)7/h5H,3-4H2,1-2H3. The van der Waals surface area contributed by atoms with Gasteiger partial charge in [-0.3, -0.25) is 4.90 Å². The zero-order valence-corrected chi connectivity index (χ0v) is 6.78. The van der Waals surface area contributed by atoms with E-state index in [9.17, 15) is 4.39 Å². The van der Waals surface area contributed by atoms with Crippen molar-refractivity contribution in [2.45, 2.75) is 19.1 Å². The van der Waals surface area contributed by atoms with E-state index in [0.29, 0.717) is 0 Å². The molecule has 1 unspecified atom stereocenters. The molecule has 0 saturated heterocycles. The molecular formula is C5H11BrFN. The Morgan fingerprint density at radius 2 is 1.88 bits per heavy atom. The Morgan fingerprint density at radius 1 is 1.50 bits per heavy atom. The lowest BCUT2D eigenvalue weighted by molar-refractivity contribution is 0.177. The first-order chi connectivity index (χ1) is 3.72. The number of alkyl halides is 2. The first-order valence-corrected chi connectivity index (χ1v) is 3.66. The summed E-state index contributed by atoms with van der Waals surface area (Å²) in [7, 11) is 0. The molecule has 0 saturated carbocycles. The third-order valence-electron chi connectivity index (χ3n) is 1.09. The topological polar surface area (TPSA) is 3.24 Å². The summed E-state index contributed by atoms with van der Waals surface area (Å²) in [6.45, 7) is 5.36. The van der Waals surface area contributed by atoms with Gasteiger partial charge in [-0.15, -0.1) is 0 Å². The van der Waals surface area contributed by atoms with Crippen LogP contribution in [0.1, 0.15) is 13.8 Å². The van der Waals surface area contributed by atoms with E-state index in [2.05, 4.69) is 15.9 Å². The maximum Gasteiger partial charge on any atom is 0.209 e. The van der Waals surface area contributed by atoms with Crippen LogP contribution in [0.2, 0.25) is 0 Å². The molecule has 0 heterocycles. The molecule has 0 aromatic heterocycles. The molecule has 0 aliphatic heterocycles. The maximum absolute atomic E-state index is 12.2. The second-order valence-electron chi connectivity index (χ2n) is 1.50. The first kappa shape index (κ1) is 8.37. The van der Waals surface area contributed by atoms with Gasteiger partial charge in [-0.25, -0.2) is 4.39 Å². The molecule has 3 heteroatoms. The molecule has 0 aliphatic carbocycles. The summed E-state index contributed by atoms with van der Waals surface area (Å²) in [6, 6.07) is 0. The predicted octanol–water partition coefficient (Wildman–Crippen LogP) is 1.98. The van der Waals surface area contributed by atoms with Crippen LogP contribution in [0, 0.1) is 0 Å². The highest BCUT2D eigenvalue weighted by atomic mass is 79.9. The molecule has 0 aromatic rings. The van der Waals surface area contributed by atoms with Crippen molar-refractivity contribution >= 4 is 15.9 Å². The van der Waals surface area contributed by atoms with E-state index >= 15 is 0 Å². The van der Waals surface area contributed by atoms with Gasteiger partial charge in [0.2, 0.25) is 5.20 Å². The smallest absolute Gasteiger partial charge is 0.209 e. The highest BCUT2D eigenvalue weighted by Gasteiger charge is 2.06. The predicted molar refractivity (Wildman–Crippen MR) is 36.7 cm³/mol. The van der Waals surface area contributed by atoms with E-state index < -0.39 is 5.20 Å². The Bertz CT molecular complexity index is 54.4. The Kier molecular flexibility index (Phi) is 4.47. The fraction of sp³-hybridized carbons (Fsp3) is 1.00. The molecular weight excluding hydrogens is 173 g/mol. The van der Waals surface area contributed by atoms with Crippen LogP contribution in [0.3, 0.4) is 0 Å². The lowest BCUT2D eigenvalue weighted by atomic mass is 10.6. The molecule has 0 bridgehead atoms. The molecule has 1 atom stereocenters. The van der Waals surface area contributed by atoms with E-state index in [1.54, 1.807) is 4.90 Å². The van der Waals surface area contributed by atoms with E-state index in [0.717, 1.165) is 13.1 Å². The highest BCUT2D eigenvalue weighted by Crippen LogP contribution is 2.06. The Balaban J connectivity index is 3.35. The lowest BCUT2D eigenvalue weighted by Gasteiger charge is -2.16. The Morgan fingerprint density at radius 3 is 1.88 bits per heavy atom. The third-order valence-corrected chi connectivity index (χ3v) is 1.67. The van der Waals surface area contributed by atoms with Crippen molar-refractivity contribution in [2.75, 3.05) is 13.1 Å². The van der Waals surface area contributed by atoms with Gasteiger partial charge in [-0.2, -0.15) is 0 Å². The Labute approximate surface area is 58.0 Å². The third kappa shape index (κ3) is 2.62. The van der Waals surface area contributed by atoms with Gasteiger partial charge in [0, 0.05) is 0 Å². The van der Waals surface area contributed by atoms with Crippen molar-refractivity contribution in [2.24, 2.45) is 0 Å². The minimum atomic E-state index is -0.975. The molecule has 0 N–H and O–H groups in total. The van der Waals surface area contributed by atoms with Crippen LogP contribution in [-0.2, 0) is 0 Å². The number of halogens is 2. The van der Waals surface area contributed by atoms with E-state index in [1.807, 2.05) is 13.8 Å². The SMILES string of the molecule is CCN(CC)C(F)Br. The van der Waals surface area contributed by atoms with E-state index in [1.165, 1.54) is 0 Å². The molecule has 0 rings (SSSR count). The van der Waals surface area contributed by atoms with Crippen molar-refractivity contribution in [1.82, 2.24) is 4.90 Å². The van der Waals surface area contributed by atoms with Gasteiger partial charge in [0.25, 0.3) is 0 Å². The highest BCUT2D eigenvalue weighted by molar-refractivity contribution is 9.09. The van der Waals surface area contributed by atoms with Crippen LogP contribution < -0.4 is 0 Å². The van der Waals surface area contributed by atoms with Gasteiger partial charge < -0.3 is 0 Å². The summed E-state index contributed by atoms with van der Waals surface area (Å²) in [4.78, 5) is 1.67. The Hall–Kier alpha value is 0.370. The molecule has 50 valence electrons. The van der Waals surface area contributed by atoms with Gasteiger partial charge >= 0.3 is 0 Å². The molecule has 1 nitrogen and oxygen atoms in total. The second-order valence-corrected chi connectivity index (χ2v) is 2.25. The van der Waals surface area contributed by atoms with Crippen LogP contribution in [0.4, 0.5) is 4.39 Å². The van der Waals surface area contributed by atoms with Crippen LogP contribution >= 0.6 is 15.9 Å². The normalized spacial score (nSPS) is 14.6. The summed E-state index contributed by atoms with van der Waals surface area (Å²) in [5.74, 6) is 0. The first-order valence-electron chi connectivity index (χ1n) is 2.74. The summed E-state index contributed by atoms with van der Waals surface area (Å²) in [5.41, 5.74) is 0. The van der Waals surface area contributed by atoms with Crippen molar-refractivity contribution in [3.8, 4) is 0 Å². The molecule has 0 spiro atoms.